The highest BCUT2D eigenvalue weighted by Crippen LogP contribution is 2.57. The Labute approximate surface area is 144 Å². The third kappa shape index (κ3) is 1.86. The molecule has 0 amide bonds. The van der Waals surface area contributed by atoms with Crippen LogP contribution < -0.4 is 0 Å². The molecule has 118 valence electrons. The van der Waals surface area contributed by atoms with Gasteiger partial charge in [0.2, 0.25) is 0 Å². The Bertz CT molecular complexity index is 909. The first-order valence-corrected chi connectivity index (χ1v) is 9.09. The Hall–Kier alpha value is -2.34. The van der Waals surface area contributed by atoms with Crippen LogP contribution in [0, 0.1) is 6.92 Å². The first kappa shape index (κ1) is 14.0. The van der Waals surface area contributed by atoms with Crippen LogP contribution in [0.3, 0.4) is 0 Å². The van der Waals surface area contributed by atoms with Crippen LogP contribution in [0.25, 0.3) is 22.3 Å². The van der Waals surface area contributed by atoms with Crippen molar-refractivity contribution in [1.82, 2.24) is 0 Å². The fourth-order valence-corrected chi connectivity index (χ4v) is 4.91. The maximum absolute atomic E-state index is 2.42. The highest BCUT2D eigenvalue weighted by molar-refractivity contribution is 5.84. The second-order valence-electron chi connectivity index (χ2n) is 7.46. The van der Waals surface area contributed by atoms with E-state index in [4.69, 9.17) is 0 Å². The summed E-state index contributed by atoms with van der Waals surface area (Å²) < 4.78 is 0. The average Bonchev–Trinajstić information content (AvgIpc) is 3.22. The second kappa shape index (κ2) is 5.08. The highest BCUT2D eigenvalue weighted by atomic mass is 14.5. The Morgan fingerprint density at radius 2 is 1.33 bits per heavy atom. The fraction of sp³-hybridized carbons (Fsp3) is 0.250. The van der Waals surface area contributed by atoms with E-state index in [-0.39, 0.29) is 5.41 Å². The SMILES string of the molecule is Cc1ccc(-c2ccc3c(c2)-c2ccccc2C32CCCC2)cc1. The van der Waals surface area contributed by atoms with Crippen molar-refractivity contribution in [2.75, 3.05) is 0 Å². The molecule has 0 unspecified atom stereocenters. The van der Waals surface area contributed by atoms with Crippen LogP contribution in [-0.4, -0.2) is 0 Å². The zero-order chi connectivity index (χ0) is 16.1. The summed E-state index contributed by atoms with van der Waals surface area (Å²) in [5.41, 5.74) is 10.3. The van der Waals surface area contributed by atoms with Crippen molar-refractivity contribution in [3.8, 4) is 22.3 Å². The topological polar surface area (TPSA) is 0 Å². The number of hydrogen-bond acceptors (Lipinski definition) is 0. The van der Waals surface area contributed by atoms with Crippen LogP contribution in [0.1, 0.15) is 42.4 Å². The van der Waals surface area contributed by atoms with E-state index in [1.54, 1.807) is 11.1 Å². The molecule has 0 nitrogen and oxygen atoms in total. The van der Waals surface area contributed by atoms with Gasteiger partial charge in [-0.3, -0.25) is 0 Å². The fourth-order valence-electron chi connectivity index (χ4n) is 4.91. The minimum absolute atomic E-state index is 0.289. The van der Waals surface area contributed by atoms with Gasteiger partial charge in [-0.25, -0.2) is 0 Å². The molecule has 24 heavy (non-hydrogen) atoms. The summed E-state index contributed by atoms with van der Waals surface area (Å²) in [7, 11) is 0. The van der Waals surface area contributed by atoms with Gasteiger partial charge in [0.25, 0.3) is 0 Å². The maximum Gasteiger partial charge on any atom is 0.0215 e. The quantitative estimate of drug-likeness (QED) is 0.481. The molecule has 0 radical (unpaired) electrons. The smallest absolute Gasteiger partial charge is 0.0215 e. The second-order valence-corrected chi connectivity index (χ2v) is 7.46. The van der Waals surface area contributed by atoms with Crippen molar-refractivity contribution in [3.05, 3.63) is 83.4 Å². The molecule has 0 saturated heterocycles. The molecule has 0 atom stereocenters. The van der Waals surface area contributed by atoms with E-state index in [1.807, 2.05) is 0 Å². The van der Waals surface area contributed by atoms with E-state index in [2.05, 4.69) is 73.7 Å². The molecule has 3 aromatic rings. The lowest BCUT2D eigenvalue weighted by molar-refractivity contribution is 0.550. The van der Waals surface area contributed by atoms with Crippen LogP contribution >= 0.6 is 0 Å². The Morgan fingerprint density at radius 3 is 2.12 bits per heavy atom. The summed E-state index contributed by atoms with van der Waals surface area (Å²) in [5.74, 6) is 0. The van der Waals surface area contributed by atoms with E-state index in [0.717, 1.165) is 0 Å². The molecule has 0 aromatic heterocycles. The average molecular weight is 310 g/mol. The molecule has 2 aliphatic rings. The minimum Gasteiger partial charge on any atom is -0.0619 e. The van der Waals surface area contributed by atoms with E-state index in [0.29, 0.717) is 0 Å². The molecule has 2 aliphatic carbocycles. The summed E-state index contributed by atoms with van der Waals surface area (Å²) in [6.07, 6.45) is 5.32. The summed E-state index contributed by atoms with van der Waals surface area (Å²) in [6, 6.07) is 25.1. The zero-order valence-corrected chi connectivity index (χ0v) is 14.2. The molecule has 3 aromatic carbocycles. The normalized spacial score (nSPS) is 17.0. The first-order valence-electron chi connectivity index (χ1n) is 9.09. The number of fused-ring (bicyclic) bond motifs is 5. The van der Waals surface area contributed by atoms with Gasteiger partial charge in [0.05, 0.1) is 0 Å². The van der Waals surface area contributed by atoms with Gasteiger partial charge in [-0.15, -0.1) is 0 Å². The van der Waals surface area contributed by atoms with Crippen molar-refractivity contribution >= 4 is 0 Å². The molecule has 1 fully saturated rings. The third-order valence-electron chi connectivity index (χ3n) is 6.11. The van der Waals surface area contributed by atoms with Crippen molar-refractivity contribution in [2.45, 2.75) is 38.0 Å². The largest absolute Gasteiger partial charge is 0.0619 e. The molecule has 0 heterocycles. The Balaban J connectivity index is 1.72. The summed E-state index contributed by atoms with van der Waals surface area (Å²) in [4.78, 5) is 0. The van der Waals surface area contributed by atoms with Gasteiger partial charge in [-0.1, -0.05) is 79.1 Å². The zero-order valence-electron chi connectivity index (χ0n) is 14.2. The molecule has 0 N–H and O–H groups in total. The van der Waals surface area contributed by atoms with Gasteiger partial charge in [-0.2, -0.15) is 0 Å². The van der Waals surface area contributed by atoms with Crippen molar-refractivity contribution in [3.63, 3.8) is 0 Å². The molecule has 1 saturated carbocycles. The summed E-state index contributed by atoms with van der Waals surface area (Å²) in [5, 5.41) is 0. The van der Waals surface area contributed by atoms with Gasteiger partial charge in [0.15, 0.2) is 0 Å². The van der Waals surface area contributed by atoms with Crippen molar-refractivity contribution in [2.24, 2.45) is 0 Å². The van der Waals surface area contributed by atoms with Crippen LogP contribution in [0.4, 0.5) is 0 Å². The lowest BCUT2D eigenvalue weighted by atomic mass is 9.76. The predicted molar refractivity (Wildman–Crippen MR) is 101 cm³/mol. The first-order chi connectivity index (χ1) is 11.8. The number of benzene rings is 3. The lowest BCUT2D eigenvalue weighted by Crippen LogP contribution is -2.20. The predicted octanol–water partition coefficient (Wildman–Crippen LogP) is 6.50. The minimum atomic E-state index is 0.289. The summed E-state index contributed by atoms with van der Waals surface area (Å²) >= 11 is 0. The van der Waals surface area contributed by atoms with Crippen LogP contribution in [-0.2, 0) is 5.41 Å². The van der Waals surface area contributed by atoms with Crippen LogP contribution in [0.15, 0.2) is 66.7 Å². The van der Waals surface area contributed by atoms with E-state index < -0.39 is 0 Å². The number of aryl methyl sites for hydroxylation is 1. The molecule has 1 spiro atoms. The Kier molecular flexibility index (Phi) is 2.97. The highest BCUT2D eigenvalue weighted by Gasteiger charge is 2.44. The van der Waals surface area contributed by atoms with Gasteiger partial charge >= 0.3 is 0 Å². The Morgan fingerprint density at radius 1 is 0.667 bits per heavy atom. The standard InChI is InChI=1S/C24H22/c1-17-8-10-18(11-9-17)19-12-13-23-21(16-19)20-6-2-3-7-22(20)24(23)14-4-5-15-24/h2-3,6-13,16H,4-5,14-15H2,1H3. The molecule has 0 aliphatic heterocycles. The maximum atomic E-state index is 2.42. The number of hydrogen-bond donors (Lipinski definition) is 0. The molecular weight excluding hydrogens is 288 g/mol. The van der Waals surface area contributed by atoms with Crippen LogP contribution in [0.2, 0.25) is 0 Å². The number of rotatable bonds is 1. The van der Waals surface area contributed by atoms with Crippen LogP contribution in [0.5, 0.6) is 0 Å². The summed E-state index contributed by atoms with van der Waals surface area (Å²) in [6.45, 7) is 2.15. The third-order valence-corrected chi connectivity index (χ3v) is 6.11. The molecule has 0 bridgehead atoms. The van der Waals surface area contributed by atoms with E-state index in [9.17, 15) is 0 Å². The van der Waals surface area contributed by atoms with Gasteiger partial charge in [0, 0.05) is 5.41 Å². The van der Waals surface area contributed by atoms with Crippen molar-refractivity contribution in [1.29, 1.82) is 0 Å². The van der Waals surface area contributed by atoms with Gasteiger partial charge < -0.3 is 0 Å². The molecular formula is C24H22. The van der Waals surface area contributed by atoms with E-state index in [1.165, 1.54) is 53.5 Å². The van der Waals surface area contributed by atoms with E-state index >= 15 is 0 Å². The lowest BCUT2D eigenvalue weighted by Gasteiger charge is -2.26. The van der Waals surface area contributed by atoms with Gasteiger partial charge in [-0.05, 0) is 59.2 Å². The monoisotopic (exact) mass is 310 g/mol. The van der Waals surface area contributed by atoms with Gasteiger partial charge in [0.1, 0.15) is 0 Å². The molecule has 0 heteroatoms. The molecule has 5 rings (SSSR count). The van der Waals surface area contributed by atoms with Crippen molar-refractivity contribution < 1.29 is 0 Å².